The molecule has 1 aliphatic rings. The van der Waals surface area contributed by atoms with E-state index in [1.54, 1.807) is 13.0 Å². The Bertz CT molecular complexity index is 881. The Balaban J connectivity index is 2.15. The van der Waals surface area contributed by atoms with Crippen molar-refractivity contribution in [2.24, 2.45) is 5.41 Å². The number of esters is 1. The summed E-state index contributed by atoms with van der Waals surface area (Å²) in [4.78, 5) is 12.7. The fourth-order valence-electron chi connectivity index (χ4n) is 3.81. The normalized spacial score (nSPS) is 21.9. The molecular weight excluding hydrogens is 371 g/mol. The molecule has 0 saturated heterocycles. The van der Waals surface area contributed by atoms with Crippen molar-refractivity contribution < 1.29 is 27.4 Å². The minimum atomic E-state index is -4.44. The summed E-state index contributed by atoms with van der Waals surface area (Å²) in [5.41, 5.74) is 0.123. The smallest absolute Gasteiger partial charge is 0.416 e. The molecule has 1 N–H and O–H groups in total. The van der Waals surface area contributed by atoms with Crippen LogP contribution in [0.3, 0.4) is 0 Å². The molecule has 2 aromatic rings. The van der Waals surface area contributed by atoms with Crippen LogP contribution in [0.2, 0.25) is 0 Å². The summed E-state index contributed by atoms with van der Waals surface area (Å²) < 4.78 is 50.2. The van der Waals surface area contributed by atoms with Crippen molar-refractivity contribution in [1.29, 1.82) is 0 Å². The van der Waals surface area contributed by atoms with Gasteiger partial charge >= 0.3 is 12.1 Å². The van der Waals surface area contributed by atoms with Gasteiger partial charge in [0.05, 0.1) is 25.2 Å². The second-order valence-electron chi connectivity index (χ2n) is 7.13. The average molecular weight is 393 g/mol. The van der Waals surface area contributed by atoms with Gasteiger partial charge in [0.1, 0.15) is 5.75 Å². The first-order valence-electron chi connectivity index (χ1n) is 8.86. The number of fused-ring (bicyclic) bond motifs is 1. The predicted octanol–water partition coefficient (Wildman–Crippen LogP) is 4.65. The van der Waals surface area contributed by atoms with Crippen LogP contribution in [0.4, 0.5) is 18.9 Å². The number of carbonyl (C=O) groups excluding carboxylic acids is 1. The van der Waals surface area contributed by atoms with Crippen molar-refractivity contribution in [2.75, 3.05) is 26.1 Å². The lowest BCUT2D eigenvalue weighted by Crippen LogP contribution is -2.41. The van der Waals surface area contributed by atoms with Gasteiger partial charge in [0.25, 0.3) is 0 Å². The largest absolute Gasteiger partial charge is 0.496 e. The van der Waals surface area contributed by atoms with E-state index >= 15 is 0 Å². The Kier molecular flexibility index (Phi) is 5.28. The van der Waals surface area contributed by atoms with Crippen LogP contribution in [-0.2, 0) is 22.1 Å². The van der Waals surface area contributed by atoms with Gasteiger partial charge in [0.15, 0.2) is 0 Å². The van der Waals surface area contributed by atoms with Crippen molar-refractivity contribution in [2.45, 2.75) is 25.4 Å². The number of hydrogen-bond donors (Lipinski definition) is 1. The molecule has 1 heterocycles. The number of benzene rings is 2. The van der Waals surface area contributed by atoms with Gasteiger partial charge in [0.2, 0.25) is 0 Å². The number of methoxy groups -OCH3 is 2. The predicted molar refractivity (Wildman–Crippen MR) is 99.5 cm³/mol. The zero-order chi connectivity index (χ0) is 20.5. The highest BCUT2D eigenvalue weighted by atomic mass is 19.4. The summed E-state index contributed by atoms with van der Waals surface area (Å²) >= 11 is 0. The minimum Gasteiger partial charge on any atom is -0.496 e. The lowest BCUT2D eigenvalue weighted by molar-refractivity contribution is -0.152. The van der Waals surface area contributed by atoms with Crippen molar-refractivity contribution in [1.82, 2.24) is 0 Å². The number of nitrogens with one attached hydrogen (secondary N) is 1. The number of rotatable bonds is 3. The number of alkyl halides is 3. The monoisotopic (exact) mass is 393 g/mol. The third kappa shape index (κ3) is 3.53. The molecule has 0 bridgehead atoms. The molecule has 1 aliphatic heterocycles. The summed E-state index contributed by atoms with van der Waals surface area (Å²) in [5, 5.41) is 3.14. The number of halogens is 3. The van der Waals surface area contributed by atoms with E-state index in [4.69, 9.17) is 9.47 Å². The number of anilines is 1. The molecule has 3 rings (SSSR count). The maximum absolute atomic E-state index is 13.2. The highest BCUT2D eigenvalue weighted by molar-refractivity contribution is 5.80. The average Bonchev–Trinajstić information content (AvgIpc) is 2.83. The fraction of sp³-hybridized carbons (Fsp3) is 0.381. The van der Waals surface area contributed by atoms with Crippen LogP contribution in [0.25, 0.3) is 0 Å². The van der Waals surface area contributed by atoms with Crippen LogP contribution >= 0.6 is 0 Å². The van der Waals surface area contributed by atoms with Gasteiger partial charge in [-0.05, 0) is 48.7 Å². The first-order chi connectivity index (χ1) is 13.2. The van der Waals surface area contributed by atoms with Crippen molar-refractivity contribution >= 4 is 11.7 Å². The Morgan fingerprint density at radius 1 is 1.18 bits per heavy atom. The Morgan fingerprint density at radius 3 is 2.54 bits per heavy atom. The molecular formula is C21H22F3NO3. The lowest BCUT2D eigenvalue weighted by Gasteiger charge is -2.34. The molecule has 7 heteroatoms. The quantitative estimate of drug-likeness (QED) is 0.772. The summed E-state index contributed by atoms with van der Waals surface area (Å²) in [6.07, 6.45) is -4.20. The number of ether oxygens (including phenoxy) is 2. The van der Waals surface area contributed by atoms with Crippen LogP contribution in [-0.4, -0.2) is 26.7 Å². The van der Waals surface area contributed by atoms with E-state index < -0.39 is 29.0 Å². The van der Waals surface area contributed by atoms with E-state index in [-0.39, 0.29) is 13.0 Å². The molecule has 28 heavy (non-hydrogen) atoms. The third-order valence-electron chi connectivity index (χ3n) is 5.44. The van der Waals surface area contributed by atoms with Crippen molar-refractivity contribution in [3.05, 3.63) is 59.2 Å². The second kappa shape index (κ2) is 7.37. The second-order valence-corrected chi connectivity index (χ2v) is 7.13. The van der Waals surface area contributed by atoms with Crippen LogP contribution in [0.15, 0.2) is 42.5 Å². The molecule has 0 spiro atoms. The number of para-hydroxylation sites is 1. The van der Waals surface area contributed by atoms with Crippen LogP contribution in [0, 0.1) is 5.41 Å². The molecule has 150 valence electrons. The minimum absolute atomic E-state index is 0.223. The van der Waals surface area contributed by atoms with Gasteiger partial charge < -0.3 is 14.8 Å². The summed E-state index contributed by atoms with van der Waals surface area (Å²) in [6, 6.07) is 10.9. The Labute approximate surface area is 161 Å². The first kappa shape index (κ1) is 20.0. The van der Waals surface area contributed by atoms with E-state index in [9.17, 15) is 18.0 Å². The molecule has 4 nitrogen and oxygen atoms in total. The zero-order valence-corrected chi connectivity index (χ0v) is 15.9. The van der Waals surface area contributed by atoms with Crippen LogP contribution in [0.5, 0.6) is 5.75 Å². The van der Waals surface area contributed by atoms with E-state index in [0.29, 0.717) is 17.0 Å². The highest BCUT2D eigenvalue weighted by Gasteiger charge is 2.46. The van der Waals surface area contributed by atoms with Gasteiger partial charge in [-0.15, -0.1) is 0 Å². The molecule has 0 aliphatic carbocycles. The number of hydrogen-bond acceptors (Lipinski definition) is 4. The van der Waals surface area contributed by atoms with Gasteiger partial charge in [-0.25, -0.2) is 0 Å². The Morgan fingerprint density at radius 2 is 1.89 bits per heavy atom. The molecule has 0 saturated carbocycles. The first-order valence-corrected chi connectivity index (χ1v) is 8.86. The van der Waals surface area contributed by atoms with E-state index in [0.717, 1.165) is 17.7 Å². The topological polar surface area (TPSA) is 47.6 Å². The highest BCUT2D eigenvalue weighted by Crippen LogP contribution is 2.46. The maximum Gasteiger partial charge on any atom is 0.416 e. The summed E-state index contributed by atoms with van der Waals surface area (Å²) in [5.74, 6) is -0.286. The molecule has 0 radical (unpaired) electrons. The third-order valence-corrected chi connectivity index (χ3v) is 5.44. The molecule has 0 fully saturated rings. The Hall–Kier alpha value is -2.70. The lowest BCUT2D eigenvalue weighted by atomic mass is 9.71. The molecule has 2 atom stereocenters. The molecule has 2 aromatic carbocycles. The maximum atomic E-state index is 13.2. The molecule has 0 amide bonds. The number of carbonyl (C=O) groups is 1. The van der Waals surface area contributed by atoms with Crippen molar-refractivity contribution in [3.63, 3.8) is 0 Å². The van der Waals surface area contributed by atoms with E-state index in [1.807, 2.05) is 18.2 Å². The summed E-state index contributed by atoms with van der Waals surface area (Å²) in [7, 11) is 2.84. The molecule has 2 unspecified atom stereocenters. The van der Waals surface area contributed by atoms with Gasteiger partial charge in [-0.1, -0.05) is 18.2 Å². The van der Waals surface area contributed by atoms with E-state index in [1.165, 1.54) is 20.3 Å². The van der Waals surface area contributed by atoms with Gasteiger partial charge in [-0.3, -0.25) is 4.79 Å². The van der Waals surface area contributed by atoms with Crippen LogP contribution < -0.4 is 10.1 Å². The van der Waals surface area contributed by atoms with E-state index in [2.05, 4.69) is 5.32 Å². The fourth-order valence-corrected chi connectivity index (χ4v) is 3.81. The van der Waals surface area contributed by atoms with Crippen molar-refractivity contribution in [3.8, 4) is 5.75 Å². The molecule has 0 aromatic heterocycles. The van der Waals surface area contributed by atoms with Gasteiger partial charge in [-0.2, -0.15) is 13.2 Å². The SMILES string of the molecule is COC(=O)C1(C)CNc2ccc(C(F)(F)F)cc2CC1c1ccccc1OC. The standard InChI is InChI=1S/C21H22F3NO3/c1-20(19(26)28-3)12-25-17-9-8-14(21(22,23)24)10-13(17)11-16(20)15-6-4-5-7-18(15)27-2/h4-10,16,25H,11-12H2,1-3H3. The van der Waals surface area contributed by atoms with Gasteiger partial charge in [0, 0.05) is 18.2 Å². The summed E-state index contributed by atoms with van der Waals surface area (Å²) in [6.45, 7) is 1.99. The van der Waals surface area contributed by atoms with Crippen LogP contribution in [0.1, 0.15) is 29.5 Å². The zero-order valence-electron chi connectivity index (χ0n) is 15.9.